The second-order valence-electron chi connectivity index (χ2n) is 5.76. The van der Waals surface area contributed by atoms with Gasteiger partial charge in [-0.2, -0.15) is 0 Å². The lowest BCUT2D eigenvalue weighted by Gasteiger charge is -2.14. The van der Waals surface area contributed by atoms with Gasteiger partial charge in [0, 0.05) is 25.9 Å². The number of sulfonamides is 1. The summed E-state index contributed by atoms with van der Waals surface area (Å²) >= 11 is 5.70. The predicted octanol–water partition coefficient (Wildman–Crippen LogP) is 3.69. The first-order valence-corrected chi connectivity index (χ1v) is 9.40. The molecule has 26 heavy (non-hydrogen) atoms. The van der Waals surface area contributed by atoms with Gasteiger partial charge in [0.05, 0.1) is 9.92 Å². The number of nitrogens with zero attached hydrogens (tertiary/aromatic N) is 1. The maximum atomic E-state index is 13.1. The van der Waals surface area contributed by atoms with Crippen molar-refractivity contribution < 1.29 is 17.6 Å². The number of rotatable bonds is 5. The minimum atomic E-state index is -3.60. The molecule has 0 aliphatic rings. The first-order valence-electron chi connectivity index (χ1n) is 7.58. The molecular formula is C18H18ClFN2O3S. The summed E-state index contributed by atoms with van der Waals surface area (Å²) in [7, 11) is -0.733. The van der Waals surface area contributed by atoms with E-state index in [4.69, 9.17) is 11.6 Å². The molecule has 0 radical (unpaired) electrons. The van der Waals surface area contributed by atoms with Crippen molar-refractivity contribution in [2.45, 2.75) is 11.8 Å². The third-order valence-corrected chi connectivity index (χ3v) is 5.72. The summed E-state index contributed by atoms with van der Waals surface area (Å²) in [4.78, 5) is 12.2. The smallest absolute Gasteiger partial charge is 0.248 e. The fourth-order valence-corrected chi connectivity index (χ4v) is 3.19. The molecule has 2 aromatic carbocycles. The largest absolute Gasteiger partial charge is 0.322 e. The summed E-state index contributed by atoms with van der Waals surface area (Å²) in [6, 6.07) is 8.60. The molecule has 0 saturated carbocycles. The maximum absolute atomic E-state index is 13.1. The van der Waals surface area contributed by atoms with Crippen LogP contribution in [0.3, 0.4) is 0 Å². The van der Waals surface area contributed by atoms with Crippen molar-refractivity contribution in [2.24, 2.45) is 0 Å². The van der Waals surface area contributed by atoms with Crippen molar-refractivity contribution >= 4 is 39.3 Å². The molecule has 0 bridgehead atoms. The Morgan fingerprint density at radius 2 is 1.88 bits per heavy atom. The molecular weight excluding hydrogens is 379 g/mol. The van der Waals surface area contributed by atoms with Crippen molar-refractivity contribution in [2.75, 3.05) is 19.4 Å². The normalized spacial score (nSPS) is 11.9. The van der Waals surface area contributed by atoms with Crippen molar-refractivity contribution in [3.63, 3.8) is 0 Å². The van der Waals surface area contributed by atoms with Gasteiger partial charge in [0.25, 0.3) is 0 Å². The van der Waals surface area contributed by atoms with Crippen molar-refractivity contribution in [3.8, 4) is 0 Å². The minimum absolute atomic E-state index is 0.0370. The maximum Gasteiger partial charge on any atom is 0.248 e. The number of amides is 1. The van der Waals surface area contributed by atoms with E-state index in [1.165, 1.54) is 56.6 Å². The van der Waals surface area contributed by atoms with Gasteiger partial charge >= 0.3 is 0 Å². The SMILES string of the molecule is Cc1ccc(S(=O)(=O)N(C)C)cc1NC(=O)/C=C/c1ccc(F)c(Cl)c1. The fourth-order valence-electron chi connectivity index (χ4n) is 2.07. The van der Waals surface area contributed by atoms with Crippen molar-refractivity contribution in [1.29, 1.82) is 0 Å². The quantitative estimate of drug-likeness (QED) is 0.784. The van der Waals surface area contributed by atoms with Crippen LogP contribution in [0.4, 0.5) is 10.1 Å². The number of nitrogens with one attached hydrogen (secondary N) is 1. The van der Waals surface area contributed by atoms with Crippen LogP contribution in [0.15, 0.2) is 47.4 Å². The number of anilines is 1. The van der Waals surface area contributed by atoms with E-state index in [9.17, 15) is 17.6 Å². The molecule has 0 aliphatic carbocycles. The first kappa shape index (κ1) is 20.1. The zero-order chi connectivity index (χ0) is 19.5. The van der Waals surface area contributed by atoms with Gasteiger partial charge < -0.3 is 5.32 Å². The molecule has 138 valence electrons. The Bertz CT molecular complexity index is 972. The lowest BCUT2D eigenvalue weighted by molar-refractivity contribution is -0.111. The Kier molecular flexibility index (Phi) is 6.17. The molecule has 1 amide bonds. The number of hydrogen-bond acceptors (Lipinski definition) is 3. The highest BCUT2D eigenvalue weighted by atomic mass is 35.5. The Balaban J connectivity index is 2.20. The number of carbonyl (C=O) groups excluding carboxylic acids is 1. The molecule has 0 fully saturated rings. The van der Waals surface area contributed by atoms with Crippen LogP contribution in [-0.4, -0.2) is 32.7 Å². The summed E-state index contributed by atoms with van der Waals surface area (Å²) < 4.78 is 38.6. The Morgan fingerprint density at radius 3 is 2.50 bits per heavy atom. The topological polar surface area (TPSA) is 66.5 Å². The number of aryl methyl sites for hydroxylation is 1. The van der Waals surface area contributed by atoms with Gasteiger partial charge in [-0.1, -0.05) is 23.7 Å². The van der Waals surface area contributed by atoms with Gasteiger partial charge in [0.2, 0.25) is 15.9 Å². The lowest BCUT2D eigenvalue weighted by Crippen LogP contribution is -2.22. The number of benzene rings is 2. The molecule has 0 saturated heterocycles. The van der Waals surface area contributed by atoms with E-state index in [0.717, 1.165) is 4.31 Å². The molecule has 0 aliphatic heterocycles. The van der Waals surface area contributed by atoms with Crippen LogP contribution >= 0.6 is 11.6 Å². The third kappa shape index (κ3) is 4.69. The van der Waals surface area contributed by atoms with E-state index in [2.05, 4.69) is 5.32 Å². The monoisotopic (exact) mass is 396 g/mol. The van der Waals surface area contributed by atoms with E-state index < -0.39 is 21.7 Å². The molecule has 1 N–H and O–H groups in total. The van der Waals surface area contributed by atoms with Crippen LogP contribution in [0.1, 0.15) is 11.1 Å². The molecule has 0 unspecified atom stereocenters. The molecule has 2 aromatic rings. The van der Waals surface area contributed by atoms with Gasteiger partial charge in [-0.3, -0.25) is 4.79 Å². The second-order valence-corrected chi connectivity index (χ2v) is 8.32. The standard InChI is InChI=1S/C18H18ClFN2O3S/c1-12-4-7-14(26(24,25)22(2)3)11-17(12)21-18(23)9-6-13-5-8-16(20)15(19)10-13/h4-11H,1-3H3,(H,21,23)/b9-6+. The summed E-state index contributed by atoms with van der Waals surface area (Å²) in [6.45, 7) is 1.76. The van der Waals surface area contributed by atoms with Gasteiger partial charge in [-0.15, -0.1) is 0 Å². The van der Waals surface area contributed by atoms with Gasteiger partial charge in [-0.25, -0.2) is 17.1 Å². The third-order valence-electron chi connectivity index (χ3n) is 3.62. The Hall–Kier alpha value is -2.22. The fraction of sp³-hybridized carbons (Fsp3) is 0.167. The summed E-state index contributed by atoms with van der Waals surface area (Å²) in [5.74, 6) is -0.990. The van der Waals surface area contributed by atoms with Gasteiger partial charge in [0.1, 0.15) is 5.82 Å². The number of hydrogen-bond donors (Lipinski definition) is 1. The van der Waals surface area contributed by atoms with Crippen LogP contribution < -0.4 is 5.32 Å². The van der Waals surface area contributed by atoms with Crippen LogP contribution in [0.5, 0.6) is 0 Å². The zero-order valence-corrected chi connectivity index (χ0v) is 16.0. The van der Waals surface area contributed by atoms with E-state index in [1.54, 1.807) is 13.0 Å². The molecule has 0 atom stereocenters. The van der Waals surface area contributed by atoms with E-state index in [-0.39, 0.29) is 9.92 Å². The average molecular weight is 397 g/mol. The molecule has 0 aromatic heterocycles. The van der Waals surface area contributed by atoms with E-state index in [0.29, 0.717) is 16.8 Å². The first-order chi connectivity index (χ1) is 12.1. The van der Waals surface area contributed by atoms with E-state index >= 15 is 0 Å². The highest BCUT2D eigenvalue weighted by molar-refractivity contribution is 7.89. The molecule has 0 heterocycles. The highest BCUT2D eigenvalue weighted by Crippen LogP contribution is 2.22. The van der Waals surface area contributed by atoms with Crippen LogP contribution in [-0.2, 0) is 14.8 Å². The van der Waals surface area contributed by atoms with Crippen LogP contribution in [0.2, 0.25) is 5.02 Å². The molecule has 5 nitrogen and oxygen atoms in total. The summed E-state index contributed by atoms with van der Waals surface area (Å²) in [5, 5.41) is 2.61. The second kappa shape index (κ2) is 7.99. The molecule has 0 spiro atoms. The van der Waals surface area contributed by atoms with Crippen LogP contribution in [0, 0.1) is 12.7 Å². The number of halogens is 2. The lowest BCUT2D eigenvalue weighted by atomic mass is 10.2. The van der Waals surface area contributed by atoms with Crippen molar-refractivity contribution in [1.82, 2.24) is 4.31 Å². The average Bonchev–Trinajstić information content (AvgIpc) is 2.57. The van der Waals surface area contributed by atoms with Crippen molar-refractivity contribution in [3.05, 3.63) is 64.4 Å². The Labute approximate surface area is 157 Å². The highest BCUT2D eigenvalue weighted by Gasteiger charge is 2.18. The number of carbonyl (C=O) groups is 1. The molecule has 2 rings (SSSR count). The van der Waals surface area contributed by atoms with Gasteiger partial charge in [0.15, 0.2) is 0 Å². The minimum Gasteiger partial charge on any atom is -0.322 e. The van der Waals surface area contributed by atoms with Gasteiger partial charge in [-0.05, 0) is 48.4 Å². The predicted molar refractivity (Wildman–Crippen MR) is 101 cm³/mol. The summed E-state index contributed by atoms with van der Waals surface area (Å²) in [5.41, 5.74) is 1.67. The Morgan fingerprint density at radius 1 is 1.19 bits per heavy atom. The van der Waals surface area contributed by atoms with E-state index in [1.807, 2.05) is 0 Å². The summed E-state index contributed by atoms with van der Waals surface area (Å²) in [6.07, 6.45) is 2.74. The van der Waals surface area contributed by atoms with Crippen LogP contribution in [0.25, 0.3) is 6.08 Å². The molecule has 8 heteroatoms. The zero-order valence-electron chi connectivity index (χ0n) is 14.5.